The van der Waals surface area contributed by atoms with Gasteiger partial charge in [0.05, 0.1) is 15.9 Å². The van der Waals surface area contributed by atoms with Crippen LogP contribution in [0.3, 0.4) is 0 Å². The number of benzene rings is 2. The molecule has 0 atom stereocenters. The molecule has 0 aliphatic carbocycles. The molecule has 0 aliphatic heterocycles. The Morgan fingerprint density at radius 2 is 1.90 bits per heavy atom. The first kappa shape index (κ1) is 22.4. The van der Waals surface area contributed by atoms with Crippen LogP contribution in [0.1, 0.15) is 29.5 Å². The molecule has 0 spiro atoms. The number of imidazole rings is 1. The quantitative estimate of drug-likeness (QED) is 0.550. The van der Waals surface area contributed by atoms with Gasteiger partial charge in [0.25, 0.3) is 0 Å². The van der Waals surface area contributed by atoms with Crippen LogP contribution < -0.4 is 11.1 Å². The highest BCUT2D eigenvalue weighted by atomic mass is 32.2. The molecule has 0 unspecified atom stereocenters. The fraction of sp³-hybridized carbons (Fsp3) is 0.286. The molecule has 10 heteroatoms. The molecule has 0 bridgehead atoms. The molecular weight excluding hydrogens is 418 g/mol. The Bertz CT molecular complexity index is 1250. The lowest BCUT2D eigenvalue weighted by molar-refractivity contribution is -0.116. The lowest BCUT2D eigenvalue weighted by atomic mass is 10.2. The molecule has 3 rings (SSSR count). The lowest BCUT2D eigenvalue weighted by Gasteiger charge is -2.11. The Labute approximate surface area is 180 Å². The third-order valence-corrected chi connectivity index (χ3v) is 6.71. The van der Waals surface area contributed by atoms with Gasteiger partial charge in [-0.05, 0) is 43.3 Å². The molecule has 3 aromatic rings. The summed E-state index contributed by atoms with van der Waals surface area (Å²) in [6.07, 6.45) is 0.548. The van der Waals surface area contributed by atoms with Crippen molar-refractivity contribution in [2.45, 2.75) is 31.2 Å². The average Bonchev–Trinajstić information content (AvgIpc) is 3.09. The number of fused-ring (bicyclic) bond motifs is 1. The van der Waals surface area contributed by atoms with E-state index in [9.17, 15) is 18.0 Å². The van der Waals surface area contributed by atoms with Crippen LogP contribution in [0.25, 0.3) is 11.0 Å². The van der Waals surface area contributed by atoms with E-state index in [1.165, 1.54) is 20.2 Å². The molecule has 0 saturated heterocycles. The molecule has 0 aliphatic rings. The van der Waals surface area contributed by atoms with Gasteiger partial charge in [-0.15, -0.1) is 0 Å². The largest absolute Gasteiger partial charge is 0.366 e. The second-order valence-electron chi connectivity index (χ2n) is 7.20. The maximum atomic E-state index is 12.4. The summed E-state index contributed by atoms with van der Waals surface area (Å²) in [5.41, 5.74) is 7.45. The van der Waals surface area contributed by atoms with E-state index >= 15 is 0 Å². The zero-order valence-corrected chi connectivity index (χ0v) is 18.4. The van der Waals surface area contributed by atoms with E-state index in [-0.39, 0.29) is 17.2 Å². The lowest BCUT2D eigenvalue weighted by Crippen LogP contribution is -2.22. The van der Waals surface area contributed by atoms with E-state index in [2.05, 4.69) is 10.3 Å². The third kappa shape index (κ3) is 4.75. The standard InChI is InChI=1S/C21H25N5O4S/c1-4-26-18-9-8-16(31(29,30)25(2)3)13-17(18)24-19(26)10-11-20(27)23-15-7-5-6-14(12-15)21(22)28/h5-9,12-13H,4,10-11H2,1-3H3,(H2,22,28)(H,23,27). The molecule has 164 valence electrons. The van der Waals surface area contributed by atoms with Crippen molar-refractivity contribution < 1.29 is 18.0 Å². The van der Waals surface area contributed by atoms with Crippen molar-refractivity contribution in [1.29, 1.82) is 0 Å². The van der Waals surface area contributed by atoms with Gasteiger partial charge in [-0.2, -0.15) is 0 Å². The van der Waals surface area contributed by atoms with E-state index < -0.39 is 15.9 Å². The highest BCUT2D eigenvalue weighted by Gasteiger charge is 2.19. The first-order valence-electron chi connectivity index (χ1n) is 9.75. The molecule has 1 aromatic heterocycles. The molecule has 3 N–H and O–H groups in total. The molecule has 0 radical (unpaired) electrons. The number of sulfonamides is 1. The number of hydrogen-bond acceptors (Lipinski definition) is 5. The third-order valence-electron chi connectivity index (χ3n) is 4.90. The molecule has 1 heterocycles. The Kier molecular flexibility index (Phi) is 6.42. The van der Waals surface area contributed by atoms with E-state index in [0.29, 0.717) is 35.6 Å². The summed E-state index contributed by atoms with van der Waals surface area (Å²) in [6.45, 7) is 2.60. The van der Waals surface area contributed by atoms with Crippen LogP contribution in [0.2, 0.25) is 0 Å². The van der Waals surface area contributed by atoms with E-state index in [0.717, 1.165) is 9.82 Å². The fourth-order valence-electron chi connectivity index (χ4n) is 3.27. The molecular formula is C21H25N5O4S. The minimum Gasteiger partial charge on any atom is -0.366 e. The summed E-state index contributed by atoms with van der Waals surface area (Å²) in [5, 5.41) is 2.75. The molecule has 31 heavy (non-hydrogen) atoms. The number of carbonyl (C=O) groups excluding carboxylic acids is 2. The smallest absolute Gasteiger partial charge is 0.248 e. The number of nitrogens with one attached hydrogen (secondary N) is 1. The molecule has 2 aromatic carbocycles. The van der Waals surface area contributed by atoms with Crippen molar-refractivity contribution >= 4 is 38.6 Å². The zero-order valence-electron chi connectivity index (χ0n) is 17.6. The van der Waals surface area contributed by atoms with Crippen LogP contribution >= 0.6 is 0 Å². The van der Waals surface area contributed by atoms with Gasteiger partial charge in [0.15, 0.2) is 0 Å². The van der Waals surface area contributed by atoms with Crippen LogP contribution in [0, 0.1) is 0 Å². The van der Waals surface area contributed by atoms with Gasteiger partial charge in [-0.1, -0.05) is 6.07 Å². The Balaban J connectivity index is 1.79. The van der Waals surface area contributed by atoms with Gasteiger partial charge in [0.1, 0.15) is 5.82 Å². The average molecular weight is 444 g/mol. The maximum Gasteiger partial charge on any atom is 0.248 e. The topological polar surface area (TPSA) is 127 Å². The summed E-state index contributed by atoms with van der Waals surface area (Å²) >= 11 is 0. The number of aromatic nitrogens is 2. The Morgan fingerprint density at radius 3 is 2.55 bits per heavy atom. The number of nitrogens with zero attached hydrogens (tertiary/aromatic N) is 3. The number of anilines is 1. The molecule has 2 amide bonds. The van der Waals surface area contributed by atoms with Gasteiger partial charge in [-0.25, -0.2) is 17.7 Å². The number of amides is 2. The van der Waals surface area contributed by atoms with Crippen molar-refractivity contribution in [2.24, 2.45) is 5.73 Å². The second kappa shape index (κ2) is 8.86. The SMILES string of the molecule is CCn1c(CCC(=O)Nc2cccc(C(N)=O)c2)nc2cc(S(=O)(=O)N(C)C)ccc21. The van der Waals surface area contributed by atoms with Crippen molar-refractivity contribution in [3.63, 3.8) is 0 Å². The summed E-state index contributed by atoms with van der Waals surface area (Å²) < 4.78 is 27.9. The van der Waals surface area contributed by atoms with Gasteiger partial charge in [-0.3, -0.25) is 9.59 Å². The maximum absolute atomic E-state index is 12.4. The van der Waals surface area contributed by atoms with Gasteiger partial charge in [0, 0.05) is 44.7 Å². The minimum atomic E-state index is -3.56. The summed E-state index contributed by atoms with van der Waals surface area (Å²) in [5.74, 6) is -0.103. The predicted octanol–water partition coefficient (Wildman–Crippen LogP) is 1.98. The first-order chi connectivity index (χ1) is 14.6. The number of nitrogens with two attached hydrogens (primary N) is 1. The van der Waals surface area contributed by atoms with Crippen molar-refractivity contribution in [3.05, 3.63) is 53.9 Å². The van der Waals surface area contributed by atoms with E-state index in [1.807, 2.05) is 11.5 Å². The number of rotatable bonds is 8. The summed E-state index contributed by atoms with van der Waals surface area (Å²) in [6, 6.07) is 11.3. The monoisotopic (exact) mass is 443 g/mol. The normalized spacial score (nSPS) is 11.7. The minimum absolute atomic E-state index is 0.171. The van der Waals surface area contributed by atoms with Crippen LogP contribution in [-0.2, 0) is 27.8 Å². The van der Waals surface area contributed by atoms with Gasteiger partial charge in [0.2, 0.25) is 21.8 Å². The number of hydrogen-bond donors (Lipinski definition) is 2. The summed E-state index contributed by atoms with van der Waals surface area (Å²) in [7, 11) is -0.603. The number of carbonyl (C=O) groups is 2. The Morgan fingerprint density at radius 1 is 1.16 bits per heavy atom. The van der Waals surface area contributed by atoms with Crippen LogP contribution in [0.15, 0.2) is 47.4 Å². The van der Waals surface area contributed by atoms with E-state index in [1.54, 1.807) is 36.4 Å². The first-order valence-corrected chi connectivity index (χ1v) is 11.2. The number of primary amides is 1. The molecule has 0 saturated carbocycles. The van der Waals surface area contributed by atoms with Gasteiger partial charge >= 0.3 is 0 Å². The highest BCUT2D eigenvalue weighted by Crippen LogP contribution is 2.23. The second-order valence-corrected chi connectivity index (χ2v) is 9.36. The summed E-state index contributed by atoms with van der Waals surface area (Å²) in [4.78, 5) is 28.4. The number of aryl methyl sites for hydroxylation is 2. The zero-order chi connectivity index (χ0) is 22.8. The van der Waals surface area contributed by atoms with Crippen LogP contribution in [0.4, 0.5) is 5.69 Å². The van der Waals surface area contributed by atoms with Crippen molar-refractivity contribution in [2.75, 3.05) is 19.4 Å². The molecule has 0 fully saturated rings. The van der Waals surface area contributed by atoms with Crippen LogP contribution in [-0.4, -0.2) is 48.2 Å². The highest BCUT2D eigenvalue weighted by molar-refractivity contribution is 7.89. The fourth-order valence-corrected chi connectivity index (χ4v) is 4.20. The molecule has 9 nitrogen and oxygen atoms in total. The predicted molar refractivity (Wildman–Crippen MR) is 118 cm³/mol. The van der Waals surface area contributed by atoms with E-state index in [4.69, 9.17) is 5.73 Å². The van der Waals surface area contributed by atoms with Crippen LogP contribution in [0.5, 0.6) is 0 Å². The van der Waals surface area contributed by atoms with Crippen molar-refractivity contribution in [1.82, 2.24) is 13.9 Å². The van der Waals surface area contributed by atoms with Crippen molar-refractivity contribution in [3.8, 4) is 0 Å². The van der Waals surface area contributed by atoms with Gasteiger partial charge < -0.3 is 15.6 Å². The Hall–Kier alpha value is -3.24.